The second-order valence-electron chi connectivity index (χ2n) is 3.98. The van der Waals surface area contributed by atoms with Gasteiger partial charge in [0.2, 0.25) is 0 Å². The van der Waals surface area contributed by atoms with Gasteiger partial charge in [0.05, 0.1) is 6.10 Å². The number of aryl methyl sites for hydroxylation is 1. The van der Waals surface area contributed by atoms with Crippen LogP contribution in [0.2, 0.25) is 0 Å². The highest BCUT2D eigenvalue weighted by Gasteiger charge is 2.24. The minimum Gasteiger partial charge on any atom is -0.396 e. The Balaban J connectivity index is 2.34. The lowest BCUT2D eigenvalue weighted by Gasteiger charge is -2.19. The highest BCUT2D eigenvalue weighted by molar-refractivity contribution is 5.30. The molecule has 0 spiro atoms. The van der Waals surface area contributed by atoms with Crippen molar-refractivity contribution >= 4 is 0 Å². The molecule has 0 aliphatic heterocycles. The van der Waals surface area contributed by atoms with E-state index in [2.05, 4.69) is 6.07 Å². The molecule has 2 heteroatoms. The first-order valence-corrected chi connectivity index (χ1v) is 5.19. The zero-order valence-electron chi connectivity index (χ0n) is 8.19. The van der Waals surface area contributed by atoms with Crippen molar-refractivity contribution in [3.05, 3.63) is 35.4 Å². The molecule has 1 aliphatic carbocycles. The molecule has 0 unspecified atom stereocenters. The number of hydrogen-bond donors (Lipinski definition) is 2. The van der Waals surface area contributed by atoms with Crippen LogP contribution in [0, 0.1) is 5.92 Å². The van der Waals surface area contributed by atoms with Crippen molar-refractivity contribution in [2.24, 2.45) is 5.92 Å². The summed E-state index contributed by atoms with van der Waals surface area (Å²) in [5.74, 6) is 0.0126. The first-order valence-electron chi connectivity index (χ1n) is 5.19. The monoisotopic (exact) mass is 192 g/mol. The summed E-state index contributed by atoms with van der Waals surface area (Å²) >= 11 is 0. The number of rotatable bonds is 1. The summed E-state index contributed by atoms with van der Waals surface area (Å²) in [4.78, 5) is 0. The topological polar surface area (TPSA) is 40.5 Å². The van der Waals surface area contributed by atoms with Crippen LogP contribution in [0.5, 0.6) is 0 Å². The Kier molecular flexibility index (Phi) is 2.85. The predicted molar refractivity (Wildman–Crippen MR) is 54.9 cm³/mol. The summed E-state index contributed by atoms with van der Waals surface area (Å²) in [5.41, 5.74) is 2.24. The molecule has 0 bridgehead atoms. The zero-order chi connectivity index (χ0) is 9.97. The third kappa shape index (κ3) is 1.68. The van der Waals surface area contributed by atoms with Gasteiger partial charge in [-0.05, 0) is 30.4 Å². The largest absolute Gasteiger partial charge is 0.396 e. The minimum absolute atomic E-state index is 0.0126. The van der Waals surface area contributed by atoms with Gasteiger partial charge < -0.3 is 10.2 Å². The van der Waals surface area contributed by atoms with E-state index in [0.29, 0.717) is 0 Å². The Hall–Kier alpha value is -0.860. The highest BCUT2D eigenvalue weighted by Crippen LogP contribution is 2.32. The second-order valence-corrected chi connectivity index (χ2v) is 3.98. The average Bonchev–Trinajstić information content (AvgIpc) is 2.39. The summed E-state index contributed by atoms with van der Waals surface area (Å²) in [6, 6.07) is 7.99. The summed E-state index contributed by atoms with van der Waals surface area (Å²) in [6.45, 7) is 0.0789. The lowest BCUT2D eigenvalue weighted by Crippen LogP contribution is -2.15. The number of aliphatic hydroxyl groups excluding tert-OH is 2. The van der Waals surface area contributed by atoms with Crippen molar-refractivity contribution in [2.45, 2.75) is 25.4 Å². The van der Waals surface area contributed by atoms with Crippen LogP contribution in [0.4, 0.5) is 0 Å². The maximum atomic E-state index is 10.0. The van der Waals surface area contributed by atoms with E-state index in [1.807, 2.05) is 18.2 Å². The molecule has 0 aromatic heterocycles. The van der Waals surface area contributed by atoms with Crippen LogP contribution < -0.4 is 0 Å². The standard InChI is InChI=1S/C12H16O2/c13-8-10-6-3-5-9-4-1-2-7-11(9)12(10)14/h1-2,4,7,10,12-14H,3,5-6,8H2/t10-,12+/m1/s1. The fourth-order valence-electron chi connectivity index (χ4n) is 2.21. The summed E-state index contributed by atoms with van der Waals surface area (Å²) in [6.07, 6.45) is 2.49. The number of fused-ring (bicyclic) bond motifs is 1. The Morgan fingerprint density at radius 2 is 2.07 bits per heavy atom. The number of hydrogen-bond acceptors (Lipinski definition) is 2. The van der Waals surface area contributed by atoms with E-state index in [-0.39, 0.29) is 12.5 Å². The van der Waals surface area contributed by atoms with Crippen molar-refractivity contribution in [3.63, 3.8) is 0 Å². The molecule has 76 valence electrons. The van der Waals surface area contributed by atoms with E-state index in [1.165, 1.54) is 5.56 Å². The van der Waals surface area contributed by atoms with Gasteiger partial charge in [0.25, 0.3) is 0 Å². The van der Waals surface area contributed by atoms with Gasteiger partial charge in [-0.3, -0.25) is 0 Å². The number of benzene rings is 1. The molecular formula is C12H16O2. The zero-order valence-corrected chi connectivity index (χ0v) is 8.19. The van der Waals surface area contributed by atoms with Crippen LogP contribution in [0.25, 0.3) is 0 Å². The van der Waals surface area contributed by atoms with Gasteiger partial charge in [-0.15, -0.1) is 0 Å². The van der Waals surface area contributed by atoms with Crippen molar-refractivity contribution in [2.75, 3.05) is 6.61 Å². The third-order valence-electron chi connectivity index (χ3n) is 3.08. The summed E-state index contributed by atoms with van der Waals surface area (Å²) in [7, 11) is 0. The molecule has 14 heavy (non-hydrogen) atoms. The minimum atomic E-state index is -0.487. The van der Waals surface area contributed by atoms with Gasteiger partial charge in [-0.1, -0.05) is 24.3 Å². The molecule has 0 heterocycles. The Bertz CT molecular complexity index is 309. The molecule has 2 rings (SSSR count). The highest BCUT2D eigenvalue weighted by atomic mass is 16.3. The molecule has 2 atom stereocenters. The SMILES string of the molecule is OC[C@H]1CCCc2ccccc2[C@H]1O. The van der Waals surface area contributed by atoms with E-state index in [0.717, 1.165) is 24.8 Å². The molecule has 0 radical (unpaired) electrons. The first-order chi connectivity index (χ1) is 6.83. The molecule has 0 amide bonds. The van der Waals surface area contributed by atoms with Crippen LogP contribution in [-0.4, -0.2) is 16.8 Å². The van der Waals surface area contributed by atoms with Gasteiger partial charge in [-0.25, -0.2) is 0 Å². The van der Waals surface area contributed by atoms with Gasteiger partial charge in [0.15, 0.2) is 0 Å². The second kappa shape index (κ2) is 4.11. The fraction of sp³-hybridized carbons (Fsp3) is 0.500. The van der Waals surface area contributed by atoms with Gasteiger partial charge in [0, 0.05) is 12.5 Å². The van der Waals surface area contributed by atoms with Crippen LogP contribution in [0.1, 0.15) is 30.1 Å². The molecule has 2 N–H and O–H groups in total. The molecule has 0 fully saturated rings. The van der Waals surface area contributed by atoms with Crippen LogP contribution in [-0.2, 0) is 6.42 Å². The quantitative estimate of drug-likeness (QED) is 0.664. The molecule has 0 saturated heterocycles. The van der Waals surface area contributed by atoms with E-state index in [4.69, 9.17) is 5.11 Å². The van der Waals surface area contributed by atoms with E-state index < -0.39 is 6.10 Å². The third-order valence-corrected chi connectivity index (χ3v) is 3.08. The lowest BCUT2D eigenvalue weighted by molar-refractivity contribution is 0.0638. The first kappa shape index (κ1) is 9.69. The van der Waals surface area contributed by atoms with Crippen molar-refractivity contribution in [3.8, 4) is 0 Å². The summed E-state index contributed by atoms with van der Waals surface area (Å²) < 4.78 is 0. The van der Waals surface area contributed by atoms with Crippen LogP contribution >= 0.6 is 0 Å². The van der Waals surface area contributed by atoms with E-state index >= 15 is 0 Å². The molecule has 0 saturated carbocycles. The van der Waals surface area contributed by atoms with Gasteiger partial charge >= 0.3 is 0 Å². The number of aliphatic hydroxyl groups is 2. The van der Waals surface area contributed by atoms with E-state index in [9.17, 15) is 5.11 Å². The molecule has 1 aromatic carbocycles. The van der Waals surface area contributed by atoms with Crippen molar-refractivity contribution in [1.29, 1.82) is 0 Å². The molecule has 1 aliphatic rings. The fourth-order valence-corrected chi connectivity index (χ4v) is 2.21. The average molecular weight is 192 g/mol. The van der Waals surface area contributed by atoms with Gasteiger partial charge in [-0.2, -0.15) is 0 Å². The van der Waals surface area contributed by atoms with Gasteiger partial charge in [0.1, 0.15) is 0 Å². The Morgan fingerprint density at radius 3 is 2.86 bits per heavy atom. The van der Waals surface area contributed by atoms with E-state index in [1.54, 1.807) is 0 Å². The summed E-state index contributed by atoms with van der Waals surface area (Å²) in [5, 5.41) is 19.2. The Labute approximate surface area is 84.2 Å². The lowest BCUT2D eigenvalue weighted by atomic mass is 9.94. The Morgan fingerprint density at radius 1 is 1.29 bits per heavy atom. The predicted octanol–water partition coefficient (Wildman–Crippen LogP) is 1.66. The van der Waals surface area contributed by atoms with Crippen LogP contribution in [0.3, 0.4) is 0 Å². The molecular weight excluding hydrogens is 176 g/mol. The smallest absolute Gasteiger partial charge is 0.0842 e. The maximum Gasteiger partial charge on any atom is 0.0842 e. The van der Waals surface area contributed by atoms with Crippen LogP contribution in [0.15, 0.2) is 24.3 Å². The molecule has 1 aromatic rings. The maximum absolute atomic E-state index is 10.0. The van der Waals surface area contributed by atoms with Crippen molar-refractivity contribution in [1.82, 2.24) is 0 Å². The molecule has 2 nitrogen and oxygen atoms in total. The van der Waals surface area contributed by atoms with Crippen molar-refractivity contribution < 1.29 is 10.2 Å². The normalized spacial score (nSPS) is 26.7.